The number of nitrogens with zero attached hydrogens (tertiary/aromatic N) is 1. The van der Waals surface area contributed by atoms with Crippen LogP contribution in [-0.4, -0.2) is 47.6 Å². The standard InChI is InChI=1S/C6H6NO6P.Na.6H2O.H/c8-7(9)5-1-3-6(4-2-5)13-14(10,11)12;;;;;;;;/h1-4H,(H2,10,11,12);;6*1H2;/q;+1;;;;;;;-1. The molecular weight excluding hydrogens is 332 g/mol. The normalized spacial score (nSPS) is 7.33. The second-order valence-corrected chi connectivity index (χ2v) is 3.50. The van der Waals surface area contributed by atoms with Crippen molar-refractivity contribution in [1.29, 1.82) is 0 Å². The molecule has 0 radical (unpaired) electrons. The van der Waals surface area contributed by atoms with E-state index in [1.807, 2.05) is 0 Å². The fraction of sp³-hybridized carbons (Fsp3) is 0. The maximum absolute atomic E-state index is 10.4. The van der Waals surface area contributed by atoms with E-state index in [1.54, 1.807) is 0 Å². The van der Waals surface area contributed by atoms with E-state index in [2.05, 4.69) is 4.52 Å². The van der Waals surface area contributed by atoms with E-state index in [4.69, 9.17) is 9.79 Å². The minimum absolute atomic E-state index is 0. The summed E-state index contributed by atoms with van der Waals surface area (Å²) in [5.41, 5.74) is -0.178. The number of benzene rings is 1. The first-order valence-corrected chi connectivity index (χ1v) is 4.91. The van der Waals surface area contributed by atoms with E-state index in [0.717, 1.165) is 24.3 Å². The van der Waals surface area contributed by atoms with Crippen molar-refractivity contribution >= 4 is 13.5 Å². The second-order valence-electron chi connectivity index (χ2n) is 2.33. The summed E-state index contributed by atoms with van der Waals surface area (Å²) < 4.78 is 14.5. The monoisotopic (exact) mass is 351 g/mol. The van der Waals surface area contributed by atoms with Crippen LogP contribution in [0.15, 0.2) is 24.3 Å². The van der Waals surface area contributed by atoms with Gasteiger partial charge in [0, 0.05) is 12.1 Å². The predicted molar refractivity (Wildman–Crippen MR) is 68.6 cm³/mol. The molecule has 0 saturated carbocycles. The van der Waals surface area contributed by atoms with E-state index in [1.165, 1.54) is 0 Å². The summed E-state index contributed by atoms with van der Waals surface area (Å²) in [5, 5.41) is 10.2. The average molecular weight is 351 g/mol. The molecule has 21 heavy (non-hydrogen) atoms. The molecule has 0 spiro atoms. The van der Waals surface area contributed by atoms with Gasteiger partial charge < -0.3 is 38.8 Å². The summed E-state index contributed by atoms with van der Waals surface area (Å²) in [6.07, 6.45) is 0. The topological polar surface area (TPSA) is 299 Å². The number of hydrogen-bond acceptors (Lipinski definition) is 4. The molecule has 13 nitrogen and oxygen atoms in total. The van der Waals surface area contributed by atoms with Crippen molar-refractivity contribution in [3.05, 3.63) is 34.4 Å². The Morgan fingerprint density at radius 2 is 1.33 bits per heavy atom. The molecule has 0 atom stereocenters. The number of phosphoric ester groups is 1. The first-order chi connectivity index (χ1) is 6.38. The first-order valence-electron chi connectivity index (χ1n) is 3.38. The van der Waals surface area contributed by atoms with Gasteiger partial charge >= 0.3 is 37.4 Å². The van der Waals surface area contributed by atoms with Crippen LogP contribution in [0.1, 0.15) is 1.43 Å². The van der Waals surface area contributed by atoms with Crippen molar-refractivity contribution in [1.82, 2.24) is 0 Å². The van der Waals surface area contributed by atoms with E-state index in [9.17, 15) is 14.7 Å². The van der Waals surface area contributed by atoms with Crippen LogP contribution in [0.5, 0.6) is 5.75 Å². The largest absolute Gasteiger partial charge is 1.00 e. The maximum Gasteiger partial charge on any atom is 1.00 e. The summed E-state index contributed by atoms with van der Waals surface area (Å²) in [4.78, 5) is 26.4. The molecule has 0 aliphatic carbocycles. The SMILES string of the molecule is O.O.O.O.O.O.O=[N+]([O-])c1ccc(OP(=O)(O)O)cc1.[H-].[Na+]. The molecule has 0 bridgehead atoms. The first kappa shape index (κ1) is 42.8. The molecule has 126 valence electrons. The fourth-order valence-corrected chi connectivity index (χ4v) is 1.16. The van der Waals surface area contributed by atoms with Gasteiger partial charge in [0.25, 0.3) is 5.69 Å². The summed E-state index contributed by atoms with van der Waals surface area (Å²) in [6.45, 7) is 0. The number of hydrogen-bond donors (Lipinski definition) is 2. The molecule has 1 aromatic rings. The summed E-state index contributed by atoms with van der Waals surface area (Å²) in [6, 6.07) is 4.39. The Kier molecular flexibility index (Phi) is 35.4. The molecule has 0 amide bonds. The van der Waals surface area contributed by atoms with Crippen molar-refractivity contribution in [2.75, 3.05) is 0 Å². The Labute approximate surface area is 141 Å². The van der Waals surface area contributed by atoms with Gasteiger partial charge in [-0.05, 0) is 12.1 Å². The van der Waals surface area contributed by atoms with Crippen molar-refractivity contribution in [3.8, 4) is 5.75 Å². The summed E-state index contributed by atoms with van der Waals surface area (Å²) in [5.74, 6) is -0.121. The van der Waals surface area contributed by atoms with Gasteiger partial charge in [-0.1, -0.05) is 0 Å². The number of phosphoric acid groups is 1. The third kappa shape index (κ3) is 17.3. The molecule has 15 heteroatoms. The van der Waals surface area contributed by atoms with Gasteiger partial charge in [-0.25, -0.2) is 4.57 Å². The maximum atomic E-state index is 10.4. The van der Waals surface area contributed by atoms with E-state index in [0.29, 0.717) is 0 Å². The molecule has 0 unspecified atom stereocenters. The molecule has 1 rings (SSSR count). The molecule has 0 aliphatic rings. The van der Waals surface area contributed by atoms with Gasteiger partial charge in [0.1, 0.15) is 5.75 Å². The molecule has 0 saturated heterocycles. The minimum atomic E-state index is -4.60. The Bertz CT molecular complexity index is 399. The number of nitro groups is 1. The van der Waals surface area contributed by atoms with Crippen LogP contribution in [0.2, 0.25) is 0 Å². The zero-order valence-corrected chi connectivity index (χ0v) is 13.6. The van der Waals surface area contributed by atoms with Crippen LogP contribution in [-0.2, 0) is 4.57 Å². The Morgan fingerprint density at radius 3 is 1.57 bits per heavy atom. The van der Waals surface area contributed by atoms with Crippen molar-refractivity contribution in [3.63, 3.8) is 0 Å². The zero-order valence-electron chi connectivity index (χ0n) is 11.7. The van der Waals surface area contributed by atoms with Crippen LogP contribution < -0.4 is 34.1 Å². The Morgan fingerprint density at radius 1 is 1.00 bits per heavy atom. The van der Waals surface area contributed by atoms with Crippen LogP contribution >= 0.6 is 7.82 Å². The van der Waals surface area contributed by atoms with Gasteiger partial charge in [0.05, 0.1) is 4.92 Å². The van der Waals surface area contributed by atoms with Gasteiger partial charge in [-0.2, -0.15) is 0 Å². The Balaban J connectivity index is -0.0000000408. The van der Waals surface area contributed by atoms with Crippen LogP contribution in [0, 0.1) is 10.1 Å². The molecular formula is C6H19NNaO12P. The number of nitro benzene ring substituents is 1. The predicted octanol–water partition coefficient (Wildman–Crippen LogP) is -6.77. The summed E-state index contributed by atoms with van der Waals surface area (Å²) >= 11 is 0. The van der Waals surface area contributed by atoms with Crippen LogP contribution in [0.25, 0.3) is 0 Å². The van der Waals surface area contributed by atoms with Gasteiger partial charge in [-0.3, -0.25) is 19.9 Å². The third-order valence-corrected chi connectivity index (χ3v) is 1.72. The molecule has 1 aromatic carbocycles. The molecule has 0 aromatic heterocycles. The Hall–Kier alpha value is -0.670. The molecule has 0 aliphatic heterocycles. The van der Waals surface area contributed by atoms with Crippen LogP contribution in [0.4, 0.5) is 5.69 Å². The van der Waals surface area contributed by atoms with Gasteiger partial charge in [0.2, 0.25) is 0 Å². The van der Waals surface area contributed by atoms with Crippen molar-refractivity contribution in [2.45, 2.75) is 0 Å². The number of non-ortho nitro benzene ring substituents is 1. The van der Waals surface area contributed by atoms with Crippen LogP contribution in [0.3, 0.4) is 0 Å². The van der Waals surface area contributed by atoms with E-state index in [-0.39, 0.29) is 75.3 Å². The van der Waals surface area contributed by atoms with Crippen molar-refractivity contribution in [2.24, 2.45) is 0 Å². The van der Waals surface area contributed by atoms with Crippen molar-refractivity contribution < 1.29 is 87.6 Å². The second kappa shape index (κ2) is 17.4. The van der Waals surface area contributed by atoms with Gasteiger partial charge in [0.15, 0.2) is 0 Å². The molecule has 0 fully saturated rings. The third-order valence-electron chi connectivity index (χ3n) is 1.27. The zero-order chi connectivity index (χ0) is 10.8. The van der Waals surface area contributed by atoms with Gasteiger partial charge in [-0.15, -0.1) is 0 Å². The molecule has 0 heterocycles. The van der Waals surface area contributed by atoms with E-state index >= 15 is 0 Å². The summed E-state index contributed by atoms with van der Waals surface area (Å²) in [7, 11) is -4.60. The molecule has 14 N–H and O–H groups in total. The minimum Gasteiger partial charge on any atom is -1.00 e. The number of rotatable bonds is 3. The average Bonchev–Trinajstić information content (AvgIpc) is 2.02. The quantitative estimate of drug-likeness (QED) is 0.230. The van der Waals surface area contributed by atoms with E-state index < -0.39 is 12.7 Å². The fourth-order valence-electron chi connectivity index (χ4n) is 0.766. The smallest absolute Gasteiger partial charge is 1.00 e.